The Morgan fingerprint density at radius 3 is 2.38 bits per heavy atom. The van der Waals surface area contributed by atoms with Crippen LogP contribution in [0.3, 0.4) is 0 Å². The maximum absolute atomic E-state index is 13.6. The molecule has 0 saturated heterocycles. The molecule has 2 rings (SSSR count). The molecule has 0 aliphatic carbocycles. The van der Waals surface area contributed by atoms with Crippen molar-refractivity contribution in [3.05, 3.63) is 59.4 Å². The van der Waals surface area contributed by atoms with Gasteiger partial charge >= 0.3 is 0 Å². The van der Waals surface area contributed by atoms with Crippen LogP contribution in [0, 0.1) is 19.7 Å². The highest BCUT2D eigenvalue weighted by Crippen LogP contribution is 2.18. The average Bonchev–Trinajstić information content (AvgIpc) is 2.60. The summed E-state index contributed by atoms with van der Waals surface area (Å²) in [5, 5.41) is 5.41. The Morgan fingerprint density at radius 2 is 1.69 bits per heavy atom. The molecule has 2 amide bonds. The molecule has 0 spiro atoms. The molecule has 0 radical (unpaired) electrons. The molecular weight excluding hydrogens is 333 g/mol. The number of hydrogen-bond acceptors (Lipinski definition) is 3. The van der Waals surface area contributed by atoms with Crippen LogP contribution in [0.1, 0.15) is 18.1 Å². The summed E-state index contributed by atoms with van der Waals surface area (Å²) in [5.74, 6) is -1.09. The molecule has 0 bridgehead atoms. The topological polar surface area (TPSA) is 61.4 Å². The minimum Gasteiger partial charge on any atom is -0.325 e. The lowest BCUT2D eigenvalue weighted by atomic mass is 10.1. The van der Waals surface area contributed by atoms with Crippen molar-refractivity contribution in [3.63, 3.8) is 0 Å². The van der Waals surface area contributed by atoms with E-state index in [0.29, 0.717) is 0 Å². The third-order valence-electron chi connectivity index (χ3n) is 4.44. The average molecular weight is 357 g/mol. The van der Waals surface area contributed by atoms with E-state index < -0.39 is 11.9 Å². The fraction of sp³-hybridized carbons (Fsp3) is 0.300. The number of amides is 2. The molecule has 0 aliphatic rings. The van der Waals surface area contributed by atoms with Crippen molar-refractivity contribution >= 4 is 23.2 Å². The van der Waals surface area contributed by atoms with Crippen LogP contribution in [-0.4, -0.2) is 36.3 Å². The highest BCUT2D eigenvalue weighted by atomic mass is 19.1. The van der Waals surface area contributed by atoms with E-state index in [1.807, 2.05) is 32.0 Å². The molecule has 0 unspecified atom stereocenters. The lowest BCUT2D eigenvalue weighted by Gasteiger charge is -2.23. The van der Waals surface area contributed by atoms with Crippen LogP contribution >= 0.6 is 0 Å². The van der Waals surface area contributed by atoms with Crippen molar-refractivity contribution in [2.45, 2.75) is 26.8 Å². The summed E-state index contributed by atoms with van der Waals surface area (Å²) >= 11 is 0. The maximum atomic E-state index is 13.6. The SMILES string of the molecule is Cc1cccc(NC(=O)CN(C)[C@H](C)C(=O)Nc2ccccc2F)c1C. The number of para-hydroxylation sites is 1. The number of nitrogens with one attached hydrogen (secondary N) is 2. The highest BCUT2D eigenvalue weighted by molar-refractivity contribution is 5.96. The fourth-order valence-electron chi connectivity index (χ4n) is 2.44. The van der Waals surface area contributed by atoms with E-state index in [1.54, 1.807) is 31.0 Å². The minimum absolute atomic E-state index is 0.0409. The Kier molecular flexibility index (Phi) is 6.46. The second kappa shape index (κ2) is 8.58. The molecule has 2 N–H and O–H groups in total. The van der Waals surface area contributed by atoms with E-state index >= 15 is 0 Å². The molecule has 0 fully saturated rings. The Bertz CT molecular complexity index is 807. The quantitative estimate of drug-likeness (QED) is 0.834. The van der Waals surface area contributed by atoms with Crippen LogP contribution in [0.15, 0.2) is 42.5 Å². The van der Waals surface area contributed by atoms with Crippen LogP contribution in [0.4, 0.5) is 15.8 Å². The molecule has 5 nitrogen and oxygen atoms in total. The molecule has 1 atom stereocenters. The summed E-state index contributed by atoms with van der Waals surface area (Å²) < 4.78 is 13.6. The number of hydrogen-bond donors (Lipinski definition) is 2. The number of likely N-dealkylation sites (N-methyl/N-ethyl adjacent to an activating group) is 1. The Balaban J connectivity index is 1.94. The molecular formula is C20H24FN3O2. The Morgan fingerprint density at radius 1 is 1.04 bits per heavy atom. The first-order valence-corrected chi connectivity index (χ1v) is 8.41. The molecule has 138 valence electrons. The van der Waals surface area contributed by atoms with E-state index in [0.717, 1.165) is 16.8 Å². The summed E-state index contributed by atoms with van der Waals surface area (Å²) in [7, 11) is 1.67. The highest BCUT2D eigenvalue weighted by Gasteiger charge is 2.21. The second-order valence-corrected chi connectivity index (χ2v) is 6.36. The van der Waals surface area contributed by atoms with Gasteiger partial charge in [-0.2, -0.15) is 0 Å². The standard InChI is InChI=1S/C20H24FN3O2/c1-13-8-7-11-17(14(13)2)22-19(25)12-24(4)15(3)20(26)23-18-10-6-5-9-16(18)21/h5-11,15H,12H2,1-4H3,(H,22,25)(H,23,26)/t15-/m1/s1. The molecule has 6 heteroatoms. The molecule has 0 aromatic heterocycles. The van der Waals surface area contributed by atoms with Gasteiger partial charge in [0.05, 0.1) is 18.3 Å². The monoisotopic (exact) mass is 357 g/mol. The van der Waals surface area contributed by atoms with Crippen LogP contribution in [0.2, 0.25) is 0 Å². The van der Waals surface area contributed by atoms with Gasteiger partial charge in [-0.25, -0.2) is 4.39 Å². The zero-order valence-electron chi connectivity index (χ0n) is 15.5. The summed E-state index contributed by atoms with van der Waals surface area (Å²) in [4.78, 5) is 26.2. The van der Waals surface area contributed by atoms with Crippen molar-refractivity contribution in [2.75, 3.05) is 24.2 Å². The number of nitrogens with zero attached hydrogens (tertiary/aromatic N) is 1. The zero-order chi connectivity index (χ0) is 19.3. The third kappa shape index (κ3) is 4.89. The second-order valence-electron chi connectivity index (χ2n) is 6.36. The van der Waals surface area contributed by atoms with Gasteiger partial charge in [-0.05, 0) is 57.1 Å². The number of rotatable bonds is 6. The van der Waals surface area contributed by atoms with Crippen molar-refractivity contribution in [3.8, 4) is 0 Å². The lowest BCUT2D eigenvalue weighted by Crippen LogP contribution is -2.43. The maximum Gasteiger partial charge on any atom is 0.241 e. The number of benzene rings is 2. The predicted octanol–water partition coefficient (Wildman–Crippen LogP) is 3.34. The first-order valence-electron chi connectivity index (χ1n) is 8.41. The van der Waals surface area contributed by atoms with E-state index in [1.165, 1.54) is 12.1 Å². The molecule has 26 heavy (non-hydrogen) atoms. The van der Waals surface area contributed by atoms with Gasteiger partial charge in [0.1, 0.15) is 5.82 Å². The first-order chi connectivity index (χ1) is 12.3. The van der Waals surface area contributed by atoms with Crippen molar-refractivity contribution in [2.24, 2.45) is 0 Å². The van der Waals surface area contributed by atoms with Gasteiger partial charge in [0.25, 0.3) is 0 Å². The summed E-state index contributed by atoms with van der Waals surface area (Å²) in [6.45, 7) is 5.63. The largest absolute Gasteiger partial charge is 0.325 e. The van der Waals surface area contributed by atoms with Crippen LogP contribution in [0.25, 0.3) is 0 Å². The number of carbonyl (C=O) groups is 2. The number of halogens is 1. The van der Waals surface area contributed by atoms with Gasteiger partial charge in [-0.3, -0.25) is 14.5 Å². The zero-order valence-corrected chi connectivity index (χ0v) is 15.5. The van der Waals surface area contributed by atoms with Gasteiger partial charge in [-0.1, -0.05) is 24.3 Å². The Labute approximate surface area is 153 Å². The van der Waals surface area contributed by atoms with Gasteiger partial charge in [0, 0.05) is 5.69 Å². The number of aryl methyl sites for hydroxylation is 1. The number of anilines is 2. The van der Waals surface area contributed by atoms with Crippen LogP contribution in [0.5, 0.6) is 0 Å². The minimum atomic E-state index is -0.598. The molecule has 0 heterocycles. The van der Waals surface area contributed by atoms with Gasteiger partial charge in [0.2, 0.25) is 11.8 Å². The van der Waals surface area contributed by atoms with Gasteiger partial charge in [-0.15, -0.1) is 0 Å². The van der Waals surface area contributed by atoms with Crippen molar-refractivity contribution in [1.29, 1.82) is 0 Å². The predicted molar refractivity (Wildman–Crippen MR) is 102 cm³/mol. The van der Waals surface area contributed by atoms with Crippen molar-refractivity contribution < 1.29 is 14.0 Å². The van der Waals surface area contributed by atoms with E-state index in [4.69, 9.17) is 0 Å². The van der Waals surface area contributed by atoms with E-state index in [-0.39, 0.29) is 24.0 Å². The molecule has 0 saturated carbocycles. The summed E-state index contributed by atoms with van der Waals surface area (Å²) in [6.07, 6.45) is 0. The molecule has 2 aromatic carbocycles. The van der Waals surface area contributed by atoms with Crippen molar-refractivity contribution in [1.82, 2.24) is 4.90 Å². The van der Waals surface area contributed by atoms with E-state index in [9.17, 15) is 14.0 Å². The third-order valence-corrected chi connectivity index (χ3v) is 4.44. The summed E-state index contributed by atoms with van der Waals surface area (Å²) in [5.41, 5.74) is 2.98. The molecule has 0 aliphatic heterocycles. The van der Waals surface area contributed by atoms with Gasteiger partial charge in [0.15, 0.2) is 0 Å². The van der Waals surface area contributed by atoms with Crippen LogP contribution < -0.4 is 10.6 Å². The lowest BCUT2D eigenvalue weighted by molar-refractivity contribution is -0.122. The van der Waals surface area contributed by atoms with E-state index in [2.05, 4.69) is 10.6 Å². The smallest absolute Gasteiger partial charge is 0.241 e. The van der Waals surface area contributed by atoms with Gasteiger partial charge < -0.3 is 10.6 Å². The Hall–Kier alpha value is -2.73. The fourth-order valence-corrected chi connectivity index (χ4v) is 2.44. The molecule has 2 aromatic rings. The first kappa shape index (κ1) is 19.6. The summed E-state index contributed by atoms with van der Waals surface area (Å²) in [6, 6.07) is 11.1. The normalized spacial score (nSPS) is 11.9. The number of carbonyl (C=O) groups excluding carboxylic acids is 2. The van der Waals surface area contributed by atoms with Crippen LogP contribution in [-0.2, 0) is 9.59 Å².